The Morgan fingerprint density at radius 1 is 1.50 bits per heavy atom. The van der Waals surface area contributed by atoms with Crippen molar-refractivity contribution in [3.05, 3.63) is 0 Å². The van der Waals surface area contributed by atoms with E-state index in [0.29, 0.717) is 25.8 Å². The standard InChI is InChI=1S/C13H25N3O4/c1-3-5-9(14)12(18)15(2)10-6-4-7-16(13(19)20)8-11(10)17/h9-11,17H,3-8,14H2,1-2H3,(H,19,20)/t9-,10?,11?/m0/s1. The normalized spacial score (nSPS) is 24.9. The highest BCUT2D eigenvalue weighted by Crippen LogP contribution is 2.17. The molecule has 1 heterocycles. The Bertz CT molecular complexity index is 351. The molecule has 0 aromatic carbocycles. The number of likely N-dealkylation sites (tertiary alicyclic amines) is 1. The third-order valence-corrected chi connectivity index (χ3v) is 3.81. The number of nitrogens with zero attached hydrogens (tertiary/aromatic N) is 2. The second kappa shape index (κ2) is 7.44. The van der Waals surface area contributed by atoms with Crippen LogP contribution in [0.3, 0.4) is 0 Å². The van der Waals surface area contributed by atoms with Crippen LogP contribution in [-0.4, -0.2) is 70.3 Å². The molecule has 1 saturated heterocycles. The van der Waals surface area contributed by atoms with Gasteiger partial charge in [0.2, 0.25) is 5.91 Å². The summed E-state index contributed by atoms with van der Waals surface area (Å²) < 4.78 is 0. The van der Waals surface area contributed by atoms with Crippen molar-refractivity contribution >= 4 is 12.0 Å². The van der Waals surface area contributed by atoms with Crippen molar-refractivity contribution in [1.82, 2.24) is 9.80 Å². The van der Waals surface area contributed by atoms with Gasteiger partial charge in [-0.25, -0.2) is 4.79 Å². The summed E-state index contributed by atoms with van der Waals surface area (Å²) in [6.45, 7) is 2.37. The zero-order chi connectivity index (χ0) is 15.3. The lowest BCUT2D eigenvalue weighted by Crippen LogP contribution is -2.52. The predicted molar refractivity (Wildman–Crippen MR) is 74.3 cm³/mol. The average molecular weight is 287 g/mol. The van der Waals surface area contributed by atoms with Crippen LogP contribution in [0.4, 0.5) is 4.79 Å². The van der Waals surface area contributed by atoms with Gasteiger partial charge in [-0.3, -0.25) is 4.79 Å². The third-order valence-electron chi connectivity index (χ3n) is 3.81. The zero-order valence-electron chi connectivity index (χ0n) is 12.2. The van der Waals surface area contributed by atoms with Crippen molar-refractivity contribution in [2.45, 2.75) is 50.8 Å². The first-order valence-electron chi connectivity index (χ1n) is 7.06. The number of nitrogens with two attached hydrogens (primary N) is 1. The molecule has 20 heavy (non-hydrogen) atoms. The summed E-state index contributed by atoms with van der Waals surface area (Å²) in [5, 5.41) is 19.1. The minimum absolute atomic E-state index is 0.0284. The number of carboxylic acid groups (broad SMARTS) is 1. The molecule has 0 aliphatic carbocycles. The summed E-state index contributed by atoms with van der Waals surface area (Å²) in [7, 11) is 1.63. The first-order valence-corrected chi connectivity index (χ1v) is 7.06. The van der Waals surface area contributed by atoms with E-state index in [4.69, 9.17) is 10.8 Å². The molecule has 0 spiro atoms. The molecule has 0 aromatic heterocycles. The molecule has 3 atom stereocenters. The number of aliphatic hydroxyl groups excluding tert-OH is 1. The average Bonchev–Trinajstić information content (AvgIpc) is 2.59. The second-order valence-electron chi connectivity index (χ2n) is 5.35. The van der Waals surface area contributed by atoms with Gasteiger partial charge in [0.25, 0.3) is 0 Å². The van der Waals surface area contributed by atoms with E-state index in [1.807, 2.05) is 6.92 Å². The Morgan fingerprint density at radius 3 is 2.70 bits per heavy atom. The lowest BCUT2D eigenvalue weighted by atomic mass is 10.0. The van der Waals surface area contributed by atoms with Crippen LogP contribution in [0.15, 0.2) is 0 Å². The summed E-state index contributed by atoms with van der Waals surface area (Å²) >= 11 is 0. The van der Waals surface area contributed by atoms with Gasteiger partial charge in [0.1, 0.15) is 0 Å². The lowest BCUT2D eigenvalue weighted by molar-refractivity contribution is -0.136. The first kappa shape index (κ1) is 16.7. The Hall–Kier alpha value is -1.34. The van der Waals surface area contributed by atoms with Crippen LogP contribution >= 0.6 is 0 Å². The number of rotatable bonds is 4. The van der Waals surface area contributed by atoms with Crippen LogP contribution < -0.4 is 5.73 Å². The number of hydrogen-bond donors (Lipinski definition) is 3. The van der Waals surface area contributed by atoms with Gasteiger partial charge >= 0.3 is 6.09 Å². The highest BCUT2D eigenvalue weighted by Gasteiger charge is 2.33. The van der Waals surface area contributed by atoms with E-state index >= 15 is 0 Å². The molecule has 0 aromatic rings. The summed E-state index contributed by atoms with van der Waals surface area (Å²) in [6.07, 6.45) is 0.701. The van der Waals surface area contributed by atoms with Gasteiger partial charge in [0.05, 0.1) is 24.7 Å². The molecule has 1 aliphatic heterocycles. The van der Waals surface area contributed by atoms with E-state index in [2.05, 4.69) is 0 Å². The van der Waals surface area contributed by atoms with Gasteiger partial charge in [-0.1, -0.05) is 13.3 Å². The SMILES string of the molecule is CCC[C@H](N)C(=O)N(C)C1CCCN(C(=O)O)CC1O. The number of β-amino-alcohol motifs (C(OH)–C–C–N with tert-alkyl or cyclic N) is 1. The highest BCUT2D eigenvalue weighted by molar-refractivity contribution is 5.81. The van der Waals surface area contributed by atoms with Crippen molar-refractivity contribution in [1.29, 1.82) is 0 Å². The molecular weight excluding hydrogens is 262 g/mol. The molecule has 1 rings (SSSR count). The molecule has 2 unspecified atom stereocenters. The Labute approximate surface area is 119 Å². The summed E-state index contributed by atoms with van der Waals surface area (Å²) in [4.78, 5) is 25.8. The van der Waals surface area contributed by atoms with Gasteiger partial charge in [0, 0.05) is 13.6 Å². The van der Waals surface area contributed by atoms with Crippen LogP contribution in [0, 0.1) is 0 Å². The Morgan fingerprint density at radius 2 is 2.15 bits per heavy atom. The van der Waals surface area contributed by atoms with Crippen LogP contribution in [0.2, 0.25) is 0 Å². The third kappa shape index (κ3) is 4.08. The number of amides is 2. The van der Waals surface area contributed by atoms with Crippen molar-refractivity contribution in [2.24, 2.45) is 5.73 Å². The van der Waals surface area contributed by atoms with E-state index < -0.39 is 18.2 Å². The molecule has 7 nitrogen and oxygen atoms in total. The van der Waals surface area contributed by atoms with Gasteiger partial charge in [-0.15, -0.1) is 0 Å². The first-order chi connectivity index (χ1) is 9.38. The summed E-state index contributed by atoms with van der Waals surface area (Å²) in [5.74, 6) is -0.195. The summed E-state index contributed by atoms with van der Waals surface area (Å²) in [6, 6.07) is -0.939. The molecule has 1 aliphatic rings. The zero-order valence-corrected chi connectivity index (χ0v) is 12.2. The van der Waals surface area contributed by atoms with Gasteiger partial charge in [-0.05, 0) is 19.3 Å². The van der Waals surface area contributed by atoms with Crippen molar-refractivity contribution in [2.75, 3.05) is 20.1 Å². The van der Waals surface area contributed by atoms with E-state index in [1.165, 1.54) is 9.80 Å². The minimum atomic E-state index is -1.04. The second-order valence-corrected chi connectivity index (χ2v) is 5.35. The monoisotopic (exact) mass is 287 g/mol. The number of likely N-dealkylation sites (N-methyl/N-ethyl adjacent to an activating group) is 1. The van der Waals surface area contributed by atoms with Gasteiger partial charge < -0.3 is 25.7 Å². The van der Waals surface area contributed by atoms with Crippen molar-refractivity contribution < 1.29 is 19.8 Å². The largest absolute Gasteiger partial charge is 0.465 e. The van der Waals surface area contributed by atoms with Crippen LogP contribution in [0.25, 0.3) is 0 Å². The molecule has 4 N–H and O–H groups in total. The van der Waals surface area contributed by atoms with E-state index in [9.17, 15) is 14.7 Å². The van der Waals surface area contributed by atoms with Crippen LogP contribution in [-0.2, 0) is 4.79 Å². The molecule has 0 bridgehead atoms. The predicted octanol–water partition coefficient (Wildman–Crippen LogP) is 0.0755. The topological polar surface area (TPSA) is 107 Å². The maximum absolute atomic E-state index is 12.2. The van der Waals surface area contributed by atoms with Crippen LogP contribution in [0.1, 0.15) is 32.6 Å². The van der Waals surface area contributed by atoms with Crippen molar-refractivity contribution in [3.8, 4) is 0 Å². The number of carbonyl (C=O) groups is 2. The number of aliphatic hydroxyl groups is 1. The fourth-order valence-electron chi connectivity index (χ4n) is 2.61. The molecular formula is C13H25N3O4. The van der Waals surface area contributed by atoms with E-state index in [1.54, 1.807) is 7.05 Å². The summed E-state index contributed by atoms with van der Waals surface area (Å²) in [5.41, 5.74) is 5.82. The lowest BCUT2D eigenvalue weighted by Gasteiger charge is -2.32. The van der Waals surface area contributed by atoms with Gasteiger partial charge in [0.15, 0.2) is 0 Å². The van der Waals surface area contributed by atoms with E-state index in [0.717, 1.165) is 6.42 Å². The number of hydrogen-bond acceptors (Lipinski definition) is 4. The Kier molecular flexibility index (Phi) is 6.22. The fraction of sp³-hybridized carbons (Fsp3) is 0.846. The maximum atomic E-state index is 12.2. The molecule has 7 heteroatoms. The van der Waals surface area contributed by atoms with Gasteiger partial charge in [-0.2, -0.15) is 0 Å². The maximum Gasteiger partial charge on any atom is 0.407 e. The molecule has 1 fully saturated rings. The minimum Gasteiger partial charge on any atom is -0.465 e. The smallest absolute Gasteiger partial charge is 0.407 e. The van der Waals surface area contributed by atoms with Crippen molar-refractivity contribution in [3.63, 3.8) is 0 Å². The molecule has 0 saturated carbocycles. The highest BCUT2D eigenvalue weighted by atomic mass is 16.4. The molecule has 0 radical (unpaired) electrons. The fourth-order valence-corrected chi connectivity index (χ4v) is 2.61. The molecule has 116 valence electrons. The number of carbonyl (C=O) groups excluding carboxylic acids is 1. The molecule has 2 amide bonds. The van der Waals surface area contributed by atoms with E-state index in [-0.39, 0.29) is 18.5 Å². The quantitative estimate of drug-likeness (QED) is 0.678. The Balaban J connectivity index is 2.69. The van der Waals surface area contributed by atoms with Crippen LogP contribution in [0.5, 0.6) is 0 Å².